The first-order valence-electron chi connectivity index (χ1n) is 11.1. The quantitative estimate of drug-likeness (QED) is 0.308. The van der Waals surface area contributed by atoms with Crippen molar-refractivity contribution in [3.63, 3.8) is 0 Å². The normalized spacial score (nSPS) is 12.7. The highest BCUT2D eigenvalue weighted by molar-refractivity contribution is 6.13. The van der Waals surface area contributed by atoms with Crippen LogP contribution >= 0.6 is 0 Å². The van der Waals surface area contributed by atoms with Crippen molar-refractivity contribution in [2.45, 2.75) is 77.9 Å². The molecule has 0 radical (unpaired) electrons. The molecule has 0 aliphatic carbocycles. The van der Waals surface area contributed by atoms with Gasteiger partial charge in [-0.05, 0) is 31.2 Å². The second-order valence-electron chi connectivity index (χ2n) is 7.52. The number of aliphatic hydroxyl groups is 2. The third kappa shape index (κ3) is 7.84. The van der Waals surface area contributed by atoms with Crippen LogP contribution in [-0.2, 0) is 25.5 Å². The van der Waals surface area contributed by atoms with Gasteiger partial charge in [0.05, 0.1) is 0 Å². The summed E-state index contributed by atoms with van der Waals surface area (Å²) in [5.74, 6) is -2.91. The lowest BCUT2D eigenvalue weighted by Crippen LogP contribution is -2.33. The molecule has 1 aromatic rings. The van der Waals surface area contributed by atoms with Crippen molar-refractivity contribution in [2.24, 2.45) is 0 Å². The molecule has 1 rings (SSSR count). The van der Waals surface area contributed by atoms with Crippen molar-refractivity contribution in [3.8, 4) is 0 Å². The zero-order valence-electron chi connectivity index (χ0n) is 19.1. The van der Waals surface area contributed by atoms with Gasteiger partial charge < -0.3 is 19.7 Å². The monoisotopic (exact) mass is 450 g/mol. The van der Waals surface area contributed by atoms with Gasteiger partial charge in [0.1, 0.15) is 13.2 Å². The number of aryl methyl sites for hydroxylation is 1. The van der Waals surface area contributed by atoms with E-state index in [9.17, 15) is 19.2 Å². The minimum absolute atomic E-state index is 0.0916. The van der Waals surface area contributed by atoms with Crippen LogP contribution in [0.15, 0.2) is 18.2 Å². The largest absolute Gasteiger partial charge is 0.452 e. The average Bonchev–Trinajstić information content (AvgIpc) is 2.80. The maximum atomic E-state index is 13.5. The van der Waals surface area contributed by atoms with Crippen molar-refractivity contribution < 1.29 is 38.9 Å². The molecule has 0 saturated heterocycles. The molecule has 0 saturated carbocycles. The van der Waals surface area contributed by atoms with Crippen LogP contribution in [0.2, 0.25) is 0 Å². The summed E-state index contributed by atoms with van der Waals surface area (Å²) in [6.45, 7) is 3.94. The van der Waals surface area contributed by atoms with Crippen LogP contribution in [0.4, 0.5) is 0 Å². The molecule has 0 heterocycles. The number of carbonyl (C=O) groups is 4. The van der Waals surface area contributed by atoms with Crippen molar-refractivity contribution in [2.75, 3.05) is 13.2 Å². The van der Waals surface area contributed by atoms with Gasteiger partial charge in [0.2, 0.25) is 11.6 Å². The van der Waals surface area contributed by atoms with Gasteiger partial charge in [0, 0.05) is 11.1 Å². The van der Waals surface area contributed by atoms with Crippen molar-refractivity contribution >= 4 is 23.5 Å². The molecule has 8 heteroatoms. The molecule has 0 fully saturated rings. The first kappa shape index (κ1) is 27.5. The van der Waals surface area contributed by atoms with E-state index in [0.29, 0.717) is 24.8 Å². The summed E-state index contributed by atoms with van der Waals surface area (Å²) in [5.41, 5.74) is 0.887. The van der Waals surface area contributed by atoms with Crippen LogP contribution < -0.4 is 0 Å². The van der Waals surface area contributed by atoms with E-state index < -0.39 is 48.9 Å². The molecule has 2 unspecified atom stereocenters. The Kier molecular flexibility index (Phi) is 12.4. The first-order valence-corrected chi connectivity index (χ1v) is 11.1. The number of unbranched alkanes of at least 4 members (excludes halogenated alkanes) is 1. The zero-order chi connectivity index (χ0) is 24.1. The fraction of sp³-hybridized carbons (Fsp3) is 0.583. The Morgan fingerprint density at radius 2 is 1.34 bits per heavy atom. The number of ether oxygens (including phenoxy) is 2. The van der Waals surface area contributed by atoms with Crippen LogP contribution in [0, 0.1) is 0 Å². The van der Waals surface area contributed by atoms with Gasteiger partial charge in [-0.2, -0.15) is 0 Å². The standard InChI is InChI=1S/C24H34O8/c1-4-7-11-16-12-8-13-17(23(29)18(9-5-2)31-20(27)14-25)22(16)24(30)19(10-6-3)32-21(28)15-26/h8,12-13,18-19,25-26H,4-7,9-11,14-15H2,1-3H3. The fourth-order valence-corrected chi connectivity index (χ4v) is 3.41. The molecule has 178 valence electrons. The molecule has 8 nitrogen and oxygen atoms in total. The SMILES string of the molecule is CCCCc1cccc(C(=O)C(CCC)OC(=O)CO)c1C(=O)C(CCC)OC(=O)CO. The summed E-state index contributed by atoms with van der Waals surface area (Å²) in [7, 11) is 0. The number of ketones is 2. The fourth-order valence-electron chi connectivity index (χ4n) is 3.41. The predicted molar refractivity (Wildman–Crippen MR) is 117 cm³/mol. The predicted octanol–water partition coefficient (Wildman–Crippen LogP) is 2.80. The van der Waals surface area contributed by atoms with E-state index in [2.05, 4.69) is 0 Å². The zero-order valence-corrected chi connectivity index (χ0v) is 19.1. The number of carbonyl (C=O) groups excluding carboxylic acids is 4. The Morgan fingerprint density at radius 3 is 1.81 bits per heavy atom. The van der Waals surface area contributed by atoms with Gasteiger partial charge in [-0.3, -0.25) is 9.59 Å². The molecule has 1 aromatic carbocycles. The molecule has 0 aromatic heterocycles. The lowest BCUT2D eigenvalue weighted by Gasteiger charge is -2.22. The smallest absolute Gasteiger partial charge is 0.332 e. The van der Waals surface area contributed by atoms with Crippen LogP contribution in [0.5, 0.6) is 0 Å². The Morgan fingerprint density at radius 1 is 0.812 bits per heavy atom. The van der Waals surface area contributed by atoms with E-state index in [-0.39, 0.29) is 24.0 Å². The van der Waals surface area contributed by atoms with Gasteiger partial charge in [0.25, 0.3) is 0 Å². The topological polar surface area (TPSA) is 127 Å². The summed E-state index contributed by atoms with van der Waals surface area (Å²) in [6, 6.07) is 4.92. The molecular weight excluding hydrogens is 416 g/mol. The van der Waals surface area contributed by atoms with E-state index >= 15 is 0 Å². The van der Waals surface area contributed by atoms with Gasteiger partial charge in [-0.1, -0.05) is 58.2 Å². The Bertz CT molecular complexity index is 786. The van der Waals surface area contributed by atoms with Gasteiger partial charge in [0.15, 0.2) is 12.2 Å². The van der Waals surface area contributed by atoms with Crippen LogP contribution in [-0.4, -0.2) is 59.1 Å². The van der Waals surface area contributed by atoms with E-state index in [1.54, 1.807) is 12.1 Å². The van der Waals surface area contributed by atoms with E-state index in [4.69, 9.17) is 19.7 Å². The second kappa shape index (κ2) is 14.5. The average molecular weight is 451 g/mol. The van der Waals surface area contributed by atoms with E-state index in [0.717, 1.165) is 12.8 Å². The lowest BCUT2D eigenvalue weighted by atomic mass is 9.87. The third-order valence-electron chi connectivity index (χ3n) is 4.95. The van der Waals surface area contributed by atoms with Crippen LogP contribution in [0.25, 0.3) is 0 Å². The van der Waals surface area contributed by atoms with Gasteiger partial charge >= 0.3 is 11.9 Å². The summed E-state index contributed by atoms with van der Waals surface area (Å²) in [4.78, 5) is 50.2. The van der Waals surface area contributed by atoms with Gasteiger partial charge in [-0.25, -0.2) is 9.59 Å². The Hall–Kier alpha value is -2.58. The minimum atomic E-state index is -1.14. The molecule has 0 aliphatic rings. The van der Waals surface area contributed by atoms with Crippen molar-refractivity contribution in [1.29, 1.82) is 0 Å². The molecular formula is C24H34O8. The third-order valence-corrected chi connectivity index (χ3v) is 4.95. The molecule has 0 aliphatic heterocycles. The molecule has 32 heavy (non-hydrogen) atoms. The van der Waals surface area contributed by atoms with Crippen LogP contribution in [0.1, 0.15) is 85.6 Å². The van der Waals surface area contributed by atoms with Crippen LogP contribution in [0.3, 0.4) is 0 Å². The highest BCUT2D eigenvalue weighted by Crippen LogP contribution is 2.25. The highest BCUT2D eigenvalue weighted by Gasteiger charge is 2.32. The van der Waals surface area contributed by atoms with E-state index in [1.165, 1.54) is 6.07 Å². The summed E-state index contributed by atoms with van der Waals surface area (Å²) in [6.07, 6.45) is 1.47. The molecule has 2 atom stereocenters. The van der Waals surface area contributed by atoms with Crippen molar-refractivity contribution in [3.05, 3.63) is 34.9 Å². The molecule has 0 amide bonds. The van der Waals surface area contributed by atoms with Gasteiger partial charge in [-0.15, -0.1) is 0 Å². The van der Waals surface area contributed by atoms with Crippen molar-refractivity contribution in [1.82, 2.24) is 0 Å². The first-order chi connectivity index (χ1) is 15.3. The maximum Gasteiger partial charge on any atom is 0.332 e. The number of hydrogen-bond acceptors (Lipinski definition) is 8. The highest BCUT2D eigenvalue weighted by atomic mass is 16.6. The molecule has 2 N–H and O–H groups in total. The Balaban J connectivity index is 3.51. The summed E-state index contributed by atoms with van der Waals surface area (Å²) < 4.78 is 10.3. The Labute approximate surface area is 188 Å². The van der Waals surface area contributed by atoms with E-state index in [1.807, 2.05) is 20.8 Å². The number of hydrogen-bond donors (Lipinski definition) is 2. The number of benzene rings is 1. The summed E-state index contributed by atoms with van der Waals surface area (Å²) in [5, 5.41) is 18.1. The number of rotatable bonds is 15. The minimum Gasteiger partial charge on any atom is -0.452 e. The number of esters is 2. The molecule has 0 spiro atoms. The summed E-state index contributed by atoms with van der Waals surface area (Å²) >= 11 is 0. The number of Topliss-reactive ketones (excluding diaryl/α,β-unsaturated/α-hetero) is 2. The second-order valence-corrected chi connectivity index (χ2v) is 7.52. The molecule has 0 bridgehead atoms. The maximum absolute atomic E-state index is 13.5. The number of aliphatic hydroxyl groups excluding tert-OH is 2. The lowest BCUT2D eigenvalue weighted by molar-refractivity contribution is -0.151.